The molecular formula is C12H14N2O3. The Bertz CT molecular complexity index is 459. The van der Waals surface area contributed by atoms with Gasteiger partial charge in [-0.3, -0.25) is 10.1 Å². The van der Waals surface area contributed by atoms with Gasteiger partial charge in [0.1, 0.15) is 6.10 Å². The molecule has 1 aromatic rings. The van der Waals surface area contributed by atoms with Gasteiger partial charge in [-0.15, -0.1) is 0 Å². The summed E-state index contributed by atoms with van der Waals surface area (Å²) in [4.78, 5) is 12.4. The predicted octanol–water partition coefficient (Wildman–Crippen LogP) is 2.31. The van der Waals surface area contributed by atoms with Crippen molar-refractivity contribution in [3.05, 3.63) is 34.4 Å². The van der Waals surface area contributed by atoms with Gasteiger partial charge >= 0.3 is 0 Å². The summed E-state index contributed by atoms with van der Waals surface area (Å²) in [6.07, 6.45) is 2.54. The molecule has 5 heteroatoms. The lowest BCUT2D eigenvalue weighted by atomic mass is 10.0. The fourth-order valence-corrected chi connectivity index (χ4v) is 2.61. The van der Waals surface area contributed by atoms with E-state index >= 15 is 0 Å². The predicted molar refractivity (Wildman–Crippen MR) is 63.0 cm³/mol. The second-order valence-electron chi connectivity index (χ2n) is 4.73. The van der Waals surface area contributed by atoms with Crippen molar-refractivity contribution in [2.24, 2.45) is 0 Å². The lowest BCUT2D eigenvalue weighted by Crippen LogP contribution is -2.42. The number of nitro groups is 1. The summed E-state index contributed by atoms with van der Waals surface area (Å²) < 4.78 is 5.70. The van der Waals surface area contributed by atoms with E-state index in [4.69, 9.17) is 4.74 Å². The Morgan fingerprint density at radius 2 is 2.18 bits per heavy atom. The molecule has 2 aliphatic rings. The van der Waals surface area contributed by atoms with E-state index in [0.717, 1.165) is 25.1 Å². The average Bonchev–Trinajstić information content (AvgIpc) is 3.00. The summed E-state index contributed by atoms with van der Waals surface area (Å²) in [7, 11) is 0. The Balaban J connectivity index is 1.86. The topological polar surface area (TPSA) is 58.9 Å². The molecule has 2 heterocycles. The molecule has 2 atom stereocenters. The molecule has 0 bridgehead atoms. The molecule has 0 spiro atoms. The van der Waals surface area contributed by atoms with Crippen LogP contribution in [0.25, 0.3) is 0 Å². The molecule has 3 rings (SSSR count). The monoisotopic (exact) mass is 234 g/mol. The van der Waals surface area contributed by atoms with E-state index in [1.807, 2.05) is 0 Å². The summed E-state index contributed by atoms with van der Waals surface area (Å²) in [5.74, 6) is 0. The van der Waals surface area contributed by atoms with Crippen molar-refractivity contribution in [3.63, 3.8) is 0 Å². The quantitative estimate of drug-likeness (QED) is 0.447. The van der Waals surface area contributed by atoms with E-state index in [-0.39, 0.29) is 16.3 Å². The molecule has 1 aromatic carbocycles. The van der Waals surface area contributed by atoms with Crippen LogP contribution in [0.2, 0.25) is 0 Å². The number of ether oxygens (including phenoxy) is 1. The molecule has 0 saturated carbocycles. The molecule has 90 valence electrons. The van der Waals surface area contributed by atoms with E-state index in [1.165, 1.54) is 0 Å². The highest BCUT2D eigenvalue weighted by Crippen LogP contribution is 2.47. The lowest BCUT2D eigenvalue weighted by Gasteiger charge is -2.32. The number of piperidine rings is 1. The Morgan fingerprint density at radius 1 is 1.47 bits per heavy atom. The van der Waals surface area contributed by atoms with Crippen LogP contribution in [0.15, 0.2) is 24.3 Å². The van der Waals surface area contributed by atoms with Gasteiger partial charge in [0.2, 0.25) is 0 Å². The molecule has 5 nitrogen and oxygen atoms in total. The lowest BCUT2D eigenvalue weighted by molar-refractivity contribution is -0.384. The number of rotatable bonds is 2. The van der Waals surface area contributed by atoms with Gasteiger partial charge in [-0.2, -0.15) is 0 Å². The van der Waals surface area contributed by atoms with E-state index < -0.39 is 0 Å². The summed E-state index contributed by atoms with van der Waals surface area (Å²) in [5.41, 5.74) is 0.943. The number of hydrogen-bond acceptors (Lipinski definition) is 4. The maximum absolute atomic E-state index is 10.6. The normalized spacial score (nSPS) is 30.9. The molecule has 0 N–H and O–H groups in total. The zero-order chi connectivity index (χ0) is 12.0. The van der Waals surface area contributed by atoms with Crippen LogP contribution >= 0.6 is 0 Å². The van der Waals surface area contributed by atoms with Gasteiger partial charge in [-0.25, -0.2) is 0 Å². The highest BCUT2D eigenvalue weighted by Gasteiger charge is 2.58. The maximum Gasteiger partial charge on any atom is 0.269 e. The van der Waals surface area contributed by atoms with Crippen molar-refractivity contribution in [2.45, 2.75) is 31.6 Å². The molecule has 0 aliphatic carbocycles. The molecule has 0 aromatic heterocycles. The zero-order valence-corrected chi connectivity index (χ0v) is 9.63. The van der Waals surface area contributed by atoms with Crippen LogP contribution in [0.3, 0.4) is 0 Å². The van der Waals surface area contributed by atoms with Gasteiger partial charge < -0.3 is 9.64 Å². The van der Waals surface area contributed by atoms with E-state index in [9.17, 15) is 10.1 Å². The zero-order valence-electron chi connectivity index (χ0n) is 9.63. The highest BCUT2D eigenvalue weighted by atomic mass is 16.6. The number of nitro benzene ring substituents is 1. The number of anilines is 1. The summed E-state index contributed by atoms with van der Waals surface area (Å²) in [6, 6.07) is 6.69. The number of fused-ring (bicyclic) bond motifs is 1. The van der Waals surface area contributed by atoms with Crippen LogP contribution in [0.4, 0.5) is 11.4 Å². The fourth-order valence-electron chi connectivity index (χ4n) is 2.61. The van der Waals surface area contributed by atoms with Gasteiger partial charge in [0.15, 0.2) is 5.72 Å². The molecule has 2 unspecified atom stereocenters. The molecule has 2 aliphatic heterocycles. The van der Waals surface area contributed by atoms with Crippen molar-refractivity contribution in [1.82, 2.24) is 0 Å². The van der Waals surface area contributed by atoms with Crippen LogP contribution < -0.4 is 4.90 Å². The van der Waals surface area contributed by atoms with Gasteiger partial charge in [-0.1, -0.05) is 0 Å². The number of benzene rings is 1. The average molecular weight is 234 g/mol. The Labute approximate surface area is 99.1 Å². The Kier molecular flexibility index (Phi) is 2.13. The first-order valence-corrected chi connectivity index (χ1v) is 5.81. The molecule has 0 amide bonds. The van der Waals surface area contributed by atoms with Gasteiger partial charge in [0.25, 0.3) is 5.69 Å². The van der Waals surface area contributed by atoms with E-state index in [1.54, 1.807) is 24.3 Å². The van der Waals surface area contributed by atoms with Crippen molar-refractivity contribution in [3.8, 4) is 0 Å². The van der Waals surface area contributed by atoms with Crippen molar-refractivity contribution < 1.29 is 9.66 Å². The summed E-state index contributed by atoms with van der Waals surface area (Å²) in [5, 5.41) is 10.6. The number of epoxide rings is 1. The second kappa shape index (κ2) is 3.43. The van der Waals surface area contributed by atoms with Crippen LogP contribution in [0, 0.1) is 10.1 Å². The fraction of sp³-hybridized carbons (Fsp3) is 0.500. The van der Waals surface area contributed by atoms with Gasteiger partial charge in [0.05, 0.1) is 4.92 Å². The molecule has 0 radical (unpaired) electrons. The van der Waals surface area contributed by atoms with Crippen molar-refractivity contribution >= 4 is 11.4 Å². The summed E-state index contributed by atoms with van der Waals surface area (Å²) in [6.45, 7) is 3.03. The Hall–Kier alpha value is -1.62. The third-order valence-corrected chi connectivity index (χ3v) is 3.68. The minimum absolute atomic E-state index is 0.129. The van der Waals surface area contributed by atoms with Crippen molar-refractivity contribution in [1.29, 1.82) is 0 Å². The number of non-ortho nitro benzene ring substituents is 1. The molecular weight excluding hydrogens is 220 g/mol. The van der Waals surface area contributed by atoms with Crippen molar-refractivity contribution in [2.75, 3.05) is 11.4 Å². The molecule has 17 heavy (non-hydrogen) atoms. The number of hydrogen-bond donors (Lipinski definition) is 0. The summed E-state index contributed by atoms with van der Waals surface area (Å²) >= 11 is 0. The van der Waals surface area contributed by atoms with Crippen LogP contribution in [-0.2, 0) is 4.74 Å². The first-order valence-electron chi connectivity index (χ1n) is 5.81. The largest absolute Gasteiger partial charge is 0.345 e. The van der Waals surface area contributed by atoms with Gasteiger partial charge in [0, 0.05) is 24.4 Å². The van der Waals surface area contributed by atoms with Crippen LogP contribution in [0.5, 0.6) is 0 Å². The molecule has 2 fully saturated rings. The highest BCUT2D eigenvalue weighted by molar-refractivity contribution is 5.54. The smallest absolute Gasteiger partial charge is 0.269 e. The van der Waals surface area contributed by atoms with E-state index in [2.05, 4.69) is 11.8 Å². The van der Waals surface area contributed by atoms with Crippen LogP contribution in [0.1, 0.15) is 19.8 Å². The Morgan fingerprint density at radius 3 is 2.82 bits per heavy atom. The second-order valence-corrected chi connectivity index (χ2v) is 4.73. The SMILES string of the molecule is CC12OC1CCCN2c1ccc([N+](=O)[O-])cc1. The minimum Gasteiger partial charge on any atom is -0.345 e. The third-order valence-electron chi connectivity index (χ3n) is 3.68. The first kappa shape index (κ1) is 10.5. The third kappa shape index (κ3) is 1.58. The van der Waals surface area contributed by atoms with Crippen LogP contribution in [-0.4, -0.2) is 23.3 Å². The van der Waals surface area contributed by atoms with E-state index in [0.29, 0.717) is 6.10 Å². The minimum atomic E-state index is -0.377. The van der Waals surface area contributed by atoms with Gasteiger partial charge in [-0.05, 0) is 31.9 Å². The molecule has 2 saturated heterocycles. The number of nitrogens with zero attached hydrogens (tertiary/aromatic N) is 2. The first-order chi connectivity index (χ1) is 8.11. The standard InChI is InChI=1S/C12H14N2O3/c1-12-11(17-12)3-2-8-13(12)9-4-6-10(7-5-9)14(15)16/h4-7,11H,2-3,8H2,1H3. The maximum atomic E-state index is 10.6.